The van der Waals surface area contributed by atoms with Gasteiger partial charge < -0.3 is 0 Å². The van der Waals surface area contributed by atoms with Crippen molar-refractivity contribution in [2.45, 2.75) is 19.3 Å². The summed E-state index contributed by atoms with van der Waals surface area (Å²) in [6.45, 7) is 0. The lowest BCUT2D eigenvalue weighted by Gasteiger charge is -2.09. The molecular weight excluding hydrogens is 268 g/mol. The molecule has 0 amide bonds. The Morgan fingerprint density at radius 3 is 1.82 bits per heavy atom. The maximum Gasteiger partial charge on any atom is 0.133 e. The first-order valence-corrected chi connectivity index (χ1v) is 7.45. The first-order chi connectivity index (χ1) is 10.8. The van der Waals surface area contributed by atoms with Gasteiger partial charge in [0.15, 0.2) is 0 Å². The monoisotopic (exact) mass is 286 g/mol. The van der Waals surface area contributed by atoms with Crippen molar-refractivity contribution in [2.75, 3.05) is 0 Å². The summed E-state index contributed by atoms with van der Waals surface area (Å²) in [5.74, 6) is -0.495. The molecule has 2 aromatic carbocycles. The van der Waals surface area contributed by atoms with Gasteiger partial charge in [0.05, 0.1) is 12.1 Å². The molecule has 0 fully saturated rings. The number of hydrogen-bond acceptors (Lipinski definition) is 2. The molecule has 2 aromatic rings. The largest absolute Gasteiger partial charge is 0.197 e. The Labute approximate surface area is 132 Å². The Hall–Kier alpha value is -2.84. The highest BCUT2D eigenvalue weighted by atomic mass is 14.3. The van der Waals surface area contributed by atoms with Crippen LogP contribution in [0.4, 0.5) is 0 Å². The van der Waals surface area contributed by atoms with E-state index in [1.807, 2.05) is 48.5 Å². The Morgan fingerprint density at radius 2 is 1.36 bits per heavy atom. The molecule has 0 aliphatic carbocycles. The van der Waals surface area contributed by atoms with E-state index in [1.54, 1.807) is 0 Å². The van der Waals surface area contributed by atoms with Crippen LogP contribution in [-0.2, 0) is 0 Å². The standard InChI is InChI=1S/C20H18N2/c21-15-17(16-22)9-7-8-14-20(18-10-3-1-4-11-18)19-12-5-2-6-13-19/h1-6,10-14,17H,7-9H2. The SMILES string of the molecule is N#CC(C#N)CCCC=C(c1ccccc1)c1ccccc1. The van der Waals surface area contributed by atoms with Crippen molar-refractivity contribution in [2.24, 2.45) is 5.92 Å². The maximum absolute atomic E-state index is 8.80. The minimum absolute atomic E-state index is 0.495. The predicted molar refractivity (Wildman–Crippen MR) is 88.5 cm³/mol. The topological polar surface area (TPSA) is 47.6 Å². The number of allylic oxidation sites excluding steroid dienone is 1. The molecule has 0 saturated heterocycles. The first kappa shape index (κ1) is 15.5. The molecule has 0 heterocycles. The van der Waals surface area contributed by atoms with Crippen LogP contribution in [0.3, 0.4) is 0 Å². The lowest BCUT2D eigenvalue weighted by atomic mass is 9.96. The average Bonchev–Trinajstić information content (AvgIpc) is 2.60. The van der Waals surface area contributed by atoms with Gasteiger partial charge in [-0.1, -0.05) is 66.7 Å². The van der Waals surface area contributed by atoms with E-state index < -0.39 is 5.92 Å². The number of unbranched alkanes of at least 4 members (excludes halogenated alkanes) is 1. The van der Waals surface area contributed by atoms with Crippen molar-refractivity contribution in [3.05, 3.63) is 77.9 Å². The van der Waals surface area contributed by atoms with Crippen LogP contribution in [0, 0.1) is 28.6 Å². The molecule has 0 unspecified atom stereocenters. The summed E-state index contributed by atoms with van der Waals surface area (Å²) in [6, 6.07) is 24.6. The molecule has 2 heteroatoms. The molecule has 0 aliphatic heterocycles. The third-order valence-electron chi connectivity index (χ3n) is 3.53. The highest BCUT2D eigenvalue weighted by Crippen LogP contribution is 2.24. The fourth-order valence-corrected chi connectivity index (χ4v) is 2.36. The summed E-state index contributed by atoms with van der Waals surface area (Å²) < 4.78 is 0. The van der Waals surface area contributed by atoms with Gasteiger partial charge in [-0.05, 0) is 36.0 Å². The zero-order chi connectivity index (χ0) is 15.6. The van der Waals surface area contributed by atoms with E-state index >= 15 is 0 Å². The maximum atomic E-state index is 8.80. The number of benzene rings is 2. The van der Waals surface area contributed by atoms with E-state index in [9.17, 15) is 0 Å². The molecule has 0 N–H and O–H groups in total. The zero-order valence-electron chi connectivity index (χ0n) is 12.4. The lowest BCUT2D eigenvalue weighted by molar-refractivity contribution is 0.680. The van der Waals surface area contributed by atoms with Crippen LogP contribution in [-0.4, -0.2) is 0 Å². The summed E-state index contributed by atoms with van der Waals surface area (Å²) in [5, 5.41) is 17.6. The van der Waals surface area contributed by atoms with E-state index in [-0.39, 0.29) is 0 Å². The van der Waals surface area contributed by atoms with Gasteiger partial charge in [-0.25, -0.2) is 0 Å². The first-order valence-electron chi connectivity index (χ1n) is 7.45. The highest BCUT2D eigenvalue weighted by molar-refractivity contribution is 5.79. The van der Waals surface area contributed by atoms with Crippen molar-refractivity contribution < 1.29 is 0 Å². The van der Waals surface area contributed by atoms with Gasteiger partial charge in [-0.15, -0.1) is 0 Å². The quantitative estimate of drug-likeness (QED) is 0.705. The van der Waals surface area contributed by atoms with Crippen molar-refractivity contribution in [3.8, 4) is 12.1 Å². The third-order valence-corrected chi connectivity index (χ3v) is 3.53. The van der Waals surface area contributed by atoms with Gasteiger partial charge in [-0.3, -0.25) is 0 Å². The molecule has 108 valence electrons. The second-order valence-corrected chi connectivity index (χ2v) is 5.09. The Bertz CT molecular complexity index is 632. The van der Waals surface area contributed by atoms with Crippen molar-refractivity contribution in [1.29, 1.82) is 10.5 Å². The molecule has 2 rings (SSSR count). The summed E-state index contributed by atoms with van der Waals surface area (Å²) in [5.41, 5.74) is 3.57. The normalized spacial score (nSPS) is 9.77. The van der Waals surface area contributed by atoms with Gasteiger partial charge >= 0.3 is 0 Å². The third kappa shape index (κ3) is 4.33. The van der Waals surface area contributed by atoms with E-state index in [4.69, 9.17) is 10.5 Å². The summed E-state index contributed by atoms with van der Waals surface area (Å²) >= 11 is 0. The van der Waals surface area contributed by atoms with E-state index in [0.717, 1.165) is 12.8 Å². The van der Waals surface area contributed by atoms with E-state index in [2.05, 4.69) is 30.3 Å². The van der Waals surface area contributed by atoms with E-state index in [1.165, 1.54) is 16.7 Å². The molecule has 0 aliphatic rings. The molecule has 0 radical (unpaired) electrons. The molecule has 0 bridgehead atoms. The molecular formula is C20H18N2. The number of rotatable bonds is 6. The van der Waals surface area contributed by atoms with Crippen LogP contribution in [0.2, 0.25) is 0 Å². The van der Waals surface area contributed by atoms with Gasteiger partial charge in [0.1, 0.15) is 5.92 Å². The van der Waals surface area contributed by atoms with Gasteiger partial charge in [-0.2, -0.15) is 10.5 Å². The second kappa shape index (κ2) is 8.45. The van der Waals surface area contributed by atoms with Crippen molar-refractivity contribution in [3.63, 3.8) is 0 Å². The van der Waals surface area contributed by atoms with Gasteiger partial charge in [0.2, 0.25) is 0 Å². The molecule has 0 atom stereocenters. The van der Waals surface area contributed by atoms with Crippen molar-refractivity contribution >= 4 is 5.57 Å². The van der Waals surface area contributed by atoms with E-state index in [0.29, 0.717) is 6.42 Å². The van der Waals surface area contributed by atoms with Crippen LogP contribution in [0.5, 0.6) is 0 Å². The summed E-state index contributed by atoms with van der Waals surface area (Å²) in [7, 11) is 0. The molecule has 0 spiro atoms. The minimum atomic E-state index is -0.495. The van der Waals surface area contributed by atoms with Gasteiger partial charge in [0.25, 0.3) is 0 Å². The zero-order valence-corrected chi connectivity index (χ0v) is 12.4. The Morgan fingerprint density at radius 1 is 0.864 bits per heavy atom. The number of nitrogens with zero attached hydrogens (tertiary/aromatic N) is 2. The lowest BCUT2D eigenvalue weighted by Crippen LogP contribution is -1.92. The number of nitriles is 2. The molecule has 0 saturated carbocycles. The van der Waals surface area contributed by atoms with Crippen LogP contribution in [0.15, 0.2) is 66.7 Å². The van der Waals surface area contributed by atoms with Gasteiger partial charge in [0, 0.05) is 0 Å². The average molecular weight is 286 g/mol. The fourth-order valence-electron chi connectivity index (χ4n) is 2.36. The van der Waals surface area contributed by atoms with Crippen LogP contribution < -0.4 is 0 Å². The molecule has 0 aromatic heterocycles. The highest BCUT2D eigenvalue weighted by Gasteiger charge is 2.06. The second-order valence-electron chi connectivity index (χ2n) is 5.09. The molecule has 2 nitrogen and oxygen atoms in total. The predicted octanol–water partition coefficient (Wildman–Crippen LogP) is 4.95. The van der Waals surface area contributed by atoms with Crippen LogP contribution in [0.25, 0.3) is 5.57 Å². The Kier molecular flexibility index (Phi) is 5.97. The van der Waals surface area contributed by atoms with Crippen LogP contribution >= 0.6 is 0 Å². The summed E-state index contributed by atoms with van der Waals surface area (Å²) in [4.78, 5) is 0. The number of hydrogen-bond donors (Lipinski definition) is 0. The minimum Gasteiger partial charge on any atom is -0.197 e. The van der Waals surface area contributed by atoms with Crippen LogP contribution in [0.1, 0.15) is 30.4 Å². The fraction of sp³-hybridized carbons (Fsp3) is 0.200. The Balaban J connectivity index is 2.14. The van der Waals surface area contributed by atoms with Crippen molar-refractivity contribution in [1.82, 2.24) is 0 Å². The smallest absolute Gasteiger partial charge is 0.133 e. The molecule has 22 heavy (non-hydrogen) atoms. The summed E-state index contributed by atoms with van der Waals surface area (Å²) in [6.07, 6.45) is 4.53.